The predicted octanol–water partition coefficient (Wildman–Crippen LogP) is 6.38. The summed E-state index contributed by atoms with van der Waals surface area (Å²) < 4.78 is 37.5. The largest absolute Gasteiger partial charge is 0.389 e. The zero-order valence-electron chi connectivity index (χ0n) is 14.7. The van der Waals surface area contributed by atoms with Crippen LogP contribution in [-0.2, 0) is 11.8 Å². The molecule has 1 aromatic carbocycles. The molecular formula is C20H27F3S. The zero-order chi connectivity index (χ0) is 17.6. The van der Waals surface area contributed by atoms with Gasteiger partial charge in [0, 0.05) is 11.0 Å². The molecule has 4 heteroatoms. The molecule has 0 spiro atoms. The van der Waals surface area contributed by atoms with Gasteiger partial charge in [-0.1, -0.05) is 45.0 Å². The van der Waals surface area contributed by atoms with Crippen molar-refractivity contribution in [1.29, 1.82) is 0 Å². The van der Waals surface area contributed by atoms with E-state index in [1.54, 1.807) is 11.8 Å². The third-order valence-electron chi connectivity index (χ3n) is 6.46. The van der Waals surface area contributed by atoms with Gasteiger partial charge in [0.15, 0.2) is 0 Å². The number of fused-ring (bicyclic) bond motifs is 3. The van der Waals surface area contributed by atoms with Crippen LogP contribution in [0.15, 0.2) is 24.3 Å². The lowest BCUT2D eigenvalue weighted by atomic mass is 9.50. The highest BCUT2D eigenvalue weighted by molar-refractivity contribution is 7.99. The summed E-state index contributed by atoms with van der Waals surface area (Å²) in [5.41, 5.74) is 3.18. The third kappa shape index (κ3) is 3.23. The lowest BCUT2D eigenvalue weighted by Gasteiger charge is -2.57. The van der Waals surface area contributed by atoms with Gasteiger partial charge in [-0.15, -0.1) is 0 Å². The van der Waals surface area contributed by atoms with Crippen LogP contribution >= 0.6 is 11.8 Å². The molecule has 0 amide bonds. The second kappa shape index (κ2) is 6.26. The second-order valence-corrected chi connectivity index (χ2v) is 9.56. The maximum atomic E-state index is 12.5. The van der Waals surface area contributed by atoms with E-state index < -0.39 is 12.6 Å². The summed E-state index contributed by atoms with van der Waals surface area (Å²) >= 11 is 1.55. The molecule has 2 aliphatic carbocycles. The van der Waals surface area contributed by atoms with Crippen molar-refractivity contribution in [3.63, 3.8) is 0 Å². The molecule has 134 valence electrons. The minimum Gasteiger partial charge on any atom is -0.171 e. The van der Waals surface area contributed by atoms with Crippen molar-refractivity contribution >= 4 is 11.8 Å². The van der Waals surface area contributed by atoms with Gasteiger partial charge in [0.05, 0.1) is 6.42 Å². The van der Waals surface area contributed by atoms with Crippen LogP contribution in [0.5, 0.6) is 0 Å². The third-order valence-corrected chi connectivity index (χ3v) is 8.15. The number of thioether (sulfide) groups is 1. The van der Waals surface area contributed by atoms with Crippen LogP contribution in [0.1, 0.15) is 57.6 Å². The van der Waals surface area contributed by atoms with Crippen molar-refractivity contribution in [2.45, 2.75) is 69.7 Å². The van der Waals surface area contributed by atoms with Gasteiger partial charge in [-0.25, -0.2) is 0 Å². The molecule has 0 unspecified atom stereocenters. The van der Waals surface area contributed by atoms with E-state index in [0.29, 0.717) is 11.2 Å². The Morgan fingerprint density at radius 2 is 1.83 bits per heavy atom. The molecule has 0 heterocycles. The lowest BCUT2D eigenvalue weighted by Crippen LogP contribution is -2.53. The Morgan fingerprint density at radius 1 is 1.12 bits per heavy atom. The fraction of sp³-hybridized carbons (Fsp3) is 0.700. The first-order valence-corrected chi connectivity index (χ1v) is 9.96. The fourth-order valence-corrected chi connectivity index (χ4v) is 6.76. The summed E-state index contributed by atoms with van der Waals surface area (Å²) in [6.45, 7) is 6.95. The van der Waals surface area contributed by atoms with Gasteiger partial charge in [-0.3, -0.25) is 0 Å². The van der Waals surface area contributed by atoms with Gasteiger partial charge in [0.25, 0.3) is 0 Å². The highest BCUT2D eigenvalue weighted by Gasteiger charge is 2.53. The van der Waals surface area contributed by atoms with Gasteiger partial charge in [-0.05, 0) is 53.6 Å². The smallest absolute Gasteiger partial charge is 0.171 e. The molecule has 3 atom stereocenters. The van der Waals surface area contributed by atoms with Gasteiger partial charge in [0.1, 0.15) is 0 Å². The van der Waals surface area contributed by atoms with Crippen molar-refractivity contribution in [2.75, 3.05) is 5.75 Å². The van der Waals surface area contributed by atoms with E-state index in [1.807, 2.05) is 0 Å². The second-order valence-electron chi connectivity index (χ2n) is 8.25. The van der Waals surface area contributed by atoms with Crippen LogP contribution in [0.3, 0.4) is 0 Å². The first-order valence-electron chi connectivity index (χ1n) is 8.91. The maximum absolute atomic E-state index is 12.5. The number of benzene rings is 1. The molecule has 0 nitrogen and oxygen atoms in total. The van der Waals surface area contributed by atoms with E-state index in [2.05, 4.69) is 45.0 Å². The Kier molecular flexibility index (Phi) is 4.74. The average Bonchev–Trinajstić information content (AvgIpc) is 2.48. The van der Waals surface area contributed by atoms with Crippen LogP contribution in [0.25, 0.3) is 0 Å². The highest BCUT2D eigenvalue weighted by atomic mass is 32.2. The number of halogens is 3. The monoisotopic (exact) mass is 356 g/mol. The number of hydrogen-bond donors (Lipinski definition) is 0. The minimum atomic E-state index is -4.04. The Morgan fingerprint density at radius 3 is 2.54 bits per heavy atom. The van der Waals surface area contributed by atoms with E-state index in [-0.39, 0.29) is 16.6 Å². The molecule has 0 saturated heterocycles. The van der Waals surface area contributed by atoms with Gasteiger partial charge < -0.3 is 0 Å². The van der Waals surface area contributed by atoms with E-state index in [4.69, 9.17) is 0 Å². The van der Waals surface area contributed by atoms with E-state index in [9.17, 15) is 13.2 Å². The predicted molar refractivity (Wildman–Crippen MR) is 95.5 cm³/mol. The number of hydrogen-bond acceptors (Lipinski definition) is 1. The molecule has 24 heavy (non-hydrogen) atoms. The SMILES string of the molecule is CC1(C)[C@@H](SCCC(F)(F)F)CC[C@]2(C)c3ccccc3CC[C@@H]12. The van der Waals surface area contributed by atoms with Crippen molar-refractivity contribution < 1.29 is 13.2 Å². The summed E-state index contributed by atoms with van der Waals surface area (Å²) in [5.74, 6) is 0.731. The molecule has 0 radical (unpaired) electrons. The van der Waals surface area contributed by atoms with Crippen LogP contribution in [0, 0.1) is 11.3 Å². The molecule has 1 saturated carbocycles. The number of alkyl halides is 3. The Labute approximate surface area is 147 Å². The quantitative estimate of drug-likeness (QED) is 0.605. The Hall–Kier alpha value is -0.640. The molecule has 1 fully saturated rings. The zero-order valence-corrected chi connectivity index (χ0v) is 15.6. The molecule has 0 N–H and O–H groups in total. The maximum Gasteiger partial charge on any atom is 0.389 e. The van der Waals surface area contributed by atoms with Gasteiger partial charge in [0.2, 0.25) is 0 Å². The first-order chi connectivity index (χ1) is 11.1. The summed E-state index contributed by atoms with van der Waals surface area (Å²) in [7, 11) is 0. The van der Waals surface area contributed by atoms with E-state index >= 15 is 0 Å². The molecule has 0 bridgehead atoms. The Balaban J connectivity index is 1.79. The molecule has 0 aromatic heterocycles. The average molecular weight is 356 g/mol. The Bertz CT molecular complexity index is 593. The summed E-state index contributed by atoms with van der Waals surface area (Å²) in [4.78, 5) is 0. The number of rotatable bonds is 3. The van der Waals surface area contributed by atoms with Crippen molar-refractivity contribution in [3.8, 4) is 0 Å². The van der Waals surface area contributed by atoms with Crippen molar-refractivity contribution in [1.82, 2.24) is 0 Å². The fourth-order valence-electron chi connectivity index (χ4n) is 5.25. The highest BCUT2D eigenvalue weighted by Crippen LogP contribution is 2.59. The van der Waals surface area contributed by atoms with Crippen molar-refractivity contribution in [2.24, 2.45) is 11.3 Å². The minimum absolute atomic E-state index is 0.0663. The van der Waals surface area contributed by atoms with E-state index in [0.717, 1.165) is 25.7 Å². The molecule has 2 aliphatic rings. The lowest BCUT2D eigenvalue weighted by molar-refractivity contribution is -0.129. The van der Waals surface area contributed by atoms with Crippen LogP contribution in [-0.4, -0.2) is 17.2 Å². The van der Waals surface area contributed by atoms with Crippen molar-refractivity contribution in [3.05, 3.63) is 35.4 Å². The summed E-state index contributed by atoms with van der Waals surface area (Å²) in [6, 6.07) is 8.76. The van der Waals surface area contributed by atoms with E-state index in [1.165, 1.54) is 11.1 Å². The topological polar surface area (TPSA) is 0 Å². The number of aryl methyl sites for hydroxylation is 1. The molecule has 1 aromatic rings. The van der Waals surface area contributed by atoms with Gasteiger partial charge >= 0.3 is 6.18 Å². The summed E-state index contributed by atoms with van der Waals surface area (Å²) in [6.07, 6.45) is -0.367. The molecule has 0 aliphatic heterocycles. The first kappa shape index (κ1) is 18.2. The van der Waals surface area contributed by atoms with Crippen LogP contribution in [0.2, 0.25) is 0 Å². The standard InChI is InChI=1S/C20H27F3S/c1-18(2)16-9-8-14-6-4-5-7-15(14)19(16,3)11-10-17(18)24-13-12-20(21,22)23/h4-7,16-17H,8-13H2,1-3H3/t16-,17-,19+/m0/s1. The normalized spacial score (nSPS) is 32.1. The van der Waals surface area contributed by atoms with Crippen LogP contribution in [0.4, 0.5) is 13.2 Å². The van der Waals surface area contributed by atoms with Gasteiger partial charge in [-0.2, -0.15) is 24.9 Å². The molecule has 3 rings (SSSR count). The molecular weight excluding hydrogens is 329 g/mol. The summed E-state index contributed by atoms with van der Waals surface area (Å²) in [5, 5.41) is 0.322. The van der Waals surface area contributed by atoms with Crippen LogP contribution < -0.4 is 0 Å².